The van der Waals surface area contributed by atoms with Crippen molar-refractivity contribution in [1.29, 1.82) is 5.26 Å². The molecule has 1 atom stereocenters. The highest BCUT2D eigenvalue weighted by Gasteiger charge is 2.10. The van der Waals surface area contributed by atoms with Crippen LogP contribution in [0.4, 0.5) is 11.4 Å². The molecule has 0 aliphatic heterocycles. The van der Waals surface area contributed by atoms with E-state index >= 15 is 0 Å². The summed E-state index contributed by atoms with van der Waals surface area (Å²) in [5.74, 6) is 0. The number of hydrogen-bond acceptors (Lipinski definition) is 5. The number of nitrogen functional groups attached to an aromatic ring is 1. The zero-order valence-corrected chi connectivity index (χ0v) is 10.2. The predicted octanol–water partition coefficient (Wildman–Crippen LogP) is 2.77. The maximum atomic E-state index is 9.03. The minimum absolute atomic E-state index is 0.0747. The predicted molar refractivity (Wildman–Crippen MR) is 69.7 cm³/mol. The molecule has 1 unspecified atom stereocenters. The number of nitrogens with two attached hydrogens (primary N) is 1. The number of nitriles is 1. The molecule has 0 saturated heterocycles. The molecule has 17 heavy (non-hydrogen) atoms. The van der Waals surface area contributed by atoms with E-state index in [1.807, 2.05) is 18.4 Å². The molecule has 0 fully saturated rings. The van der Waals surface area contributed by atoms with Crippen molar-refractivity contribution in [3.05, 3.63) is 40.3 Å². The average Bonchev–Trinajstić information content (AvgIpc) is 2.85. The number of nitrogens with one attached hydrogen (secondary N) is 1. The molecule has 4 nitrogen and oxygen atoms in total. The summed E-state index contributed by atoms with van der Waals surface area (Å²) < 4.78 is 0. The SMILES string of the molecule is CC(Nc1ccc(N)cc1C#N)c1nccs1. The van der Waals surface area contributed by atoms with E-state index in [1.165, 1.54) is 0 Å². The molecular formula is C12H12N4S. The zero-order valence-electron chi connectivity index (χ0n) is 9.34. The monoisotopic (exact) mass is 244 g/mol. The first kappa shape index (κ1) is 11.4. The maximum absolute atomic E-state index is 9.03. The molecule has 0 aliphatic rings. The van der Waals surface area contributed by atoms with E-state index in [4.69, 9.17) is 11.0 Å². The third-order valence-electron chi connectivity index (χ3n) is 2.36. The topological polar surface area (TPSA) is 74.7 Å². The number of rotatable bonds is 3. The molecule has 1 heterocycles. The van der Waals surface area contributed by atoms with Crippen LogP contribution in [0.2, 0.25) is 0 Å². The third kappa shape index (κ3) is 2.55. The summed E-state index contributed by atoms with van der Waals surface area (Å²) in [6, 6.07) is 7.46. The van der Waals surface area contributed by atoms with E-state index in [-0.39, 0.29) is 6.04 Å². The van der Waals surface area contributed by atoms with Gasteiger partial charge in [0.1, 0.15) is 11.1 Å². The fraction of sp³-hybridized carbons (Fsp3) is 0.167. The minimum atomic E-state index is 0.0747. The van der Waals surface area contributed by atoms with E-state index in [0.29, 0.717) is 11.3 Å². The Morgan fingerprint density at radius 3 is 3.00 bits per heavy atom. The number of benzene rings is 1. The van der Waals surface area contributed by atoms with Gasteiger partial charge in [-0.1, -0.05) is 0 Å². The van der Waals surface area contributed by atoms with Gasteiger partial charge in [-0.2, -0.15) is 5.26 Å². The van der Waals surface area contributed by atoms with Crippen LogP contribution in [0.5, 0.6) is 0 Å². The molecule has 2 rings (SSSR count). The van der Waals surface area contributed by atoms with Crippen LogP contribution in [0.1, 0.15) is 23.5 Å². The second-order valence-corrected chi connectivity index (χ2v) is 4.58. The summed E-state index contributed by atoms with van der Waals surface area (Å²) in [7, 11) is 0. The number of hydrogen-bond donors (Lipinski definition) is 2. The number of anilines is 2. The van der Waals surface area contributed by atoms with Crippen molar-refractivity contribution in [1.82, 2.24) is 4.98 Å². The van der Waals surface area contributed by atoms with Crippen LogP contribution in [0, 0.1) is 11.3 Å². The van der Waals surface area contributed by atoms with E-state index in [1.54, 1.807) is 29.7 Å². The van der Waals surface area contributed by atoms with E-state index in [9.17, 15) is 0 Å². The van der Waals surface area contributed by atoms with Gasteiger partial charge >= 0.3 is 0 Å². The summed E-state index contributed by atoms with van der Waals surface area (Å²) >= 11 is 1.59. The van der Waals surface area contributed by atoms with Crippen molar-refractivity contribution in [2.45, 2.75) is 13.0 Å². The van der Waals surface area contributed by atoms with Crippen molar-refractivity contribution < 1.29 is 0 Å². The number of nitrogens with zero attached hydrogens (tertiary/aromatic N) is 2. The first-order valence-electron chi connectivity index (χ1n) is 5.16. The second-order valence-electron chi connectivity index (χ2n) is 3.65. The van der Waals surface area contributed by atoms with Gasteiger partial charge in [-0.15, -0.1) is 11.3 Å². The third-order valence-corrected chi connectivity index (χ3v) is 3.32. The standard InChI is InChI=1S/C12H12N4S/c1-8(12-15-4-5-17-12)16-11-3-2-10(14)6-9(11)7-13/h2-6,8,16H,14H2,1H3. The van der Waals surface area contributed by atoms with Gasteiger partial charge in [0, 0.05) is 17.3 Å². The molecule has 0 spiro atoms. The van der Waals surface area contributed by atoms with Crippen molar-refractivity contribution >= 4 is 22.7 Å². The Labute approximate surface area is 104 Å². The first-order chi connectivity index (χ1) is 8.20. The van der Waals surface area contributed by atoms with Gasteiger partial charge in [0.25, 0.3) is 0 Å². The van der Waals surface area contributed by atoms with Gasteiger partial charge < -0.3 is 11.1 Å². The summed E-state index contributed by atoms with van der Waals surface area (Å²) in [6.45, 7) is 2.01. The zero-order chi connectivity index (χ0) is 12.3. The summed E-state index contributed by atoms with van der Waals surface area (Å²) in [5.41, 5.74) is 7.56. The fourth-order valence-corrected chi connectivity index (χ4v) is 2.17. The largest absolute Gasteiger partial charge is 0.399 e. The lowest BCUT2D eigenvalue weighted by Gasteiger charge is -2.14. The van der Waals surface area contributed by atoms with Gasteiger partial charge in [0.2, 0.25) is 0 Å². The number of aromatic nitrogens is 1. The highest BCUT2D eigenvalue weighted by atomic mass is 32.1. The molecule has 86 valence electrons. The molecule has 1 aromatic carbocycles. The van der Waals surface area contributed by atoms with Gasteiger partial charge in [0.05, 0.1) is 17.3 Å². The van der Waals surface area contributed by atoms with Crippen molar-refractivity contribution in [2.75, 3.05) is 11.1 Å². The van der Waals surface area contributed by atoms with Crippen LogP contribution in [0.3, 0.4) is 0 Å². The van der Waals surface area contributed by atoms with E-state index < -0.39 is 0 Å². The van der Waals surface area contributed by atoms with E-state index in [0.717, 1.165) is 10.7 Å². The van der Waals surface area contributed by atoms with Crippen molar-refractivity contribution in [3.8, 4) is 6.07 Å². The van der Waals surface area contributed by atoms with E-state index in [2.05, 4.69) is 16.4 Å². The highest BCUT2D eigenvalue weighted by molar-refractivity contribution is 7.09. The lowest BCUT2D eigenvalue weighted by atomic mass is 10.1. The van der Waals surface area contributed by atoms with Crippen LogP contribution >= 0.6 is 11.3 Å². The normalized spacial score (nSPS) is 11.8. The molecule has 0 radical (unpaired) electrons. The molecule has 1 aromatic heterocycles. The van der Waals surface area contributed by atoms with Gasteiger partial charge in [-0.3, -0.25) is 0 Å². The van der Waals surface area contributed by atoms with Crippen LogP contribution < -0.4 is 11.1 Å². The molecule has 5 heteroatoms. The molecule has 0 bridgehead atoms. The maximum Gasteiger partial charge on any atom is 0.115 e. The lowest BCUT2D eigenvalue weighted by molar-refractivity contribution is 0.869. The van der Waals surface area contributed by atoms with Crippen LogP contribution in [0.25, 0.3) is 0 Å². The molecule has 2 aromatic rings. The lowest BCUT2D eigenvalue weighted by Crippen LogP contribution is -2.07. The average molecular weight is 244 g/mol. The van der Waals surface area contributed by atoms with Crippen molar-refractivity contribution in [2.24, 2.45) is 0 Å². The summed E-state index contributed by atoms with van der Waals surface area (Å²) in [5, 5.41) is 15.2. The Morgan fingerprint density at radius 1 is 1.53 bits per heavy atom. The fourth-order valence-electron chi connectivity index (χ4n) is 1.52. The Balaban J connectivity index is 2.22. The Bertz CT molecular complexity index is 542. The summed E-state index contributed by atoms with van der Waals surface area (Å²) in [6.07, 6.45) is 1.77. The van der Waals surface area contributed by atoms with Crippen LogP contribution in [-0.4, -0.2) is 4.98 Å². The van der Waals surface area contributed by atoms with Crippen LogP contribution in [-0.2, 0) is 0 Å². The van der Waals surface area contributed by atoms with Crippen LogP contribution in [0.15, 0.2) is 29.8 Å². The van der Waals surface area contributed by atoms with Gasteiger partial charge in [0.15, 0.2) is 0 Å². The number of thiazole rings is 1. The Hall–Kier alpha value is -2.06. The molecule has 0 saturated carbocycles. The van der Waals surface area contributed by atoms with Crippen molar-refractivity contribution in [3.63, 3.8) is 0 Å². The highest BCUT2D eigenvalue weighted by Crippen LogP contribution is 2.24. The molecule has 0 aliphatic carbocycles. The minimum Gasteiger partial charge on any atom is -0.399 e. The molecule has 0 amide bonds. The summed E-state index contributed by atoms with van der Waals surface area (Å²) in [4.78, 5) is 4.23. The molecule has 3 N–H and O–H groups in total. The Kier molecular flexibility index (Phi) is 3.26. The van der Waals surface area contributed by atoms with Gasteiger partial charge in [-0.05, 0) is 25.1 Å². The Morgan fingerprint density at radius 2 is 2.35 bits per heavy atom. The van der Waals surface area contributed by atoms with Gasteiger partial charge in [-0.25, -0.2) is 4.98 Å². The smallest absolute Gasteiger partial charge is 0.115 e. The molecular weight excluding hydrogens is 232 g/mol. The quantitative estimate of drug-likeness (QED) is 0.814. The first-order valence-corrected chi connectivity index (χ1v) is 6.04. The second kappa shape index (κ2) is 4.85.